The van der Waals surface area contributed by atoms with E-state index in [1.165, 1.54) is 6.07 Å². The molecule has 2 aromatic rings. The molecule has 0 amide bonds. The van der Waals surface area contributed by atoms with E-state index in [0.717, 1.165) is 0 Å². The Hall–Kier alpha value is -2.31. The molecule has 7 nitrogen and oxygen atoms in total. The van der Waals surface area contributed by atoms with Gasteiger partial charge in [-0.25, -0.2) is 0 Å². The lowest BCUT2D eigenvalue weighted by Crippen LogP contribution is -1.92. The summed E-state index contributed by atoms with van der Waals surface area (Å²) in [6, 6.07) is 6.23. The highest BCUT2D eigenvalue weighted by molar-refractivity contribution is 5.66. The monoisotopic (exact) mass is 191 g/mol. The predicted octanol–water partition coefficient (Wildman–Crippen LogP) is 0.775. The SMILES string of the molecule is O=[N+]([O-])c1ccccc1-c1nn[nH]n1. The summed E-state index contributed by atoms with van der Waals surface area (Å²) < 4.78 is 0. The number of aromatic nitrogens is 4. The summed E-state index contributed by atoms with van der Waals surface area (Å²) in [4.78, 5) is 10.2. The number of hydrogen-bond acceptors (Lipinski definition) is 5. The molecule has 1 aromatic carbocycles. The maximum absolute atomic E-state index is 10.6. The van der Waals surface area contributed by atoms with Gasteiger partial charge in [0.1, 0.15) is 5.56 Å². The Morgan fingerprint density at radius 2 is 2.14 bits per heavy atom. The molecule has 0 aliphatic heterocycles. The van der Waals surface area contributed by atoms with Crippen LogP contribution in [-0.2, 0) is 0 Å². The van der Waals surface area contributed by atoms with Gasteiger partial charge in [0.25, 0.3) is 5.69 Å². The molecule has 0 saturated heterocycles. The highest BCUT2D eigenvalue weighted by Gasteiger charge is 2.16. The molecule has 14 heavy (non-hydrogen) atoms. The van der Waals surface area contributed by atoms with Gasteiger partial charge in [-0.05, 0) is 11.3 Å². The molecular formula is C7H5N5O2. The molecule has 1 N–H and O–H groups in total. The fraction of sp³-hybridized carbons (Fsp3) is 0. The second kappa shape index (κ2) is 3.21. The number of benzene rings is 1. The van der Waals surface area contributed by atoms with Crippen molar-refractivity contribution in [3.05, 3.63) is 34.4 Å². The first-order chi connectivity index (χ1) is 6.79. The van der Waals surface area contributed by atoms with Gasteiger partial charge in [-0.15, -0.1) is 10.2 Å². The molecule has 0 atom stereocenters. The van der Waals surface area contributed by atoms with Crippen molar-refractivity contribution < 1.29 is 4.92 Å². The molecule has 2 rings (SSSR count). The maximum Gasteiger partial charge on any atom is 0.280 e. The van der Waals surface area contributed by atoms with Crippen LogP contribution in [0, 0.1) is 10.1 Å². The number of tetrazole rings is 1. The molecule has 1 heterocycles. The third kappa shape index (κ3) is 1.30. The number of H-pyrrole nitrogens is 1. The van der Waals surface area contributed by atoms with Crippen LogP contribution in [0.25, 0.3) is 11.4 Å². The van der Waals surface area contributed by atoms with Crippen LogP contribution in [0.2, 0.25) is 0 Å². The Balaban J connectivity index is 2.58. The van der Waals surface area contributed by atoms with E-state index in [1.54, 1.807) is 18.2 Å². The van der Waals surface area contributed by atoms with Gasteiger partial charge in [-0.2, -0.15) is 5.21 Å². The van der Waals surface area contributed by atoms with Crippen LogP contribution in [0.1, 0.15) is 0 Å². The highest BCUT2D eigenvalue weighted by atomic mass is 16.6. The number of rotatable bonds is 2. The van der Waals surface area contributed by atoms with E-state index in [2.05, 4.69) is 20.6 Å². The summed E-state index contributed by atoms with van der Waals surface area (Å²) in [6.07, 6.45) is 0. The lowest BCUT2D eigenvalue weighted by molar-refractivity contribution is -0.384. The second-order valence-corrected chi connectivity index (χ2v) is 2.51. The zero-order valence-corrected chi connectivity index (χ0v) is 6.91. The van der Waals surface area contributed by atoms with Crippen LogP contribution >= 0.6 is 0 Å². The number of hydrogen-bond donors (Lipinski definition) is 1. The van der Waals surface area contributed by atoms with Crippen molar-refractivity contribution in [3.63, 3.8) is 0 Å². The van der Waals surface area contributed by atoms with Crippen molar-refractivity contribution in [3.8, 4) is 11.4 Å². The van der Waals surface area contributed by atoms with E-state index < -0.39 is 4.92 Å². The number of nitrogens with zero attached hydrogens (tertiary/aromatic N) is 4. The maximum atomic E-state index is 10.6. The number of nitro groups is 1. The van der Waals surface area contributed by atoms with Gasteiger partial charge in [0.05, 0.1) is 4.92 Å². The first kappa shape index (κ1) is 8.30. The number of nitrogens with one attached hydrogen (secondary N) is 1. The summed E-state index contributed by atoms with van der Waals surface area (Å²) in [5, 5.41) is 23.6. The van der Waals surface area contributed by atoms with Crippen LogP contribution in [0.3, 0.4) is 0 Å². The van der Waals surface area contributed by atoms with Gasteiger partial charge in [0.2, 0.25) is 5.82 Å². The summed E-state index contributed by atoms with van der Waals surface area (Å²) >= 11 is 0. The van der Waals surface area contributed by atoms with Crippen molar-refractivity contribution in [2.75, 3.05) is 0 Å². The van der Waals surface area contributed by atoms with Crippen molar-refractivity contribution in [2.24, 2.45) is 0 Å². The molecule has 0 saturated carbocycles. The molecule has 70 valence electrons. The molecule has 0 spiro atoms. The van der Waals surface area contributed by atoms with E-state index in [1.807, 2.05) is 0 Å². The van der Waals surface area contributed by atoms with Crippen molar-refractivity contribution in [1.29, 1.82) is 0 Å². The molecule has 0 unspecified atom stereocenters. The second-order valence-electron chi connectivity index (χ2n) is 2.51. The molecule has 0 bridgehead atoms. The van der Waals surface area contributed by atoms with Gasteiger partial charge < -0.3 is 0 Å². The summed E-state index contributed by atoms with van der Waals surface area (Å²) in [5.41, 5.74) is 0.320. The Kier molecular flexibility index (Phi) is 1.90. The minimum Gasteiger partial charge on any atom is -0.258 e. The topological polar surface area (TPSA) is 97.6 Å². The van der Waals surface area contributed by atoms with Crippen molar-refractivity contribution in [2.45, 2.75) is 0 Å². The van der Waals surface area contributed by atoms with Gasteiger partial charge in [-0.1, -0.05) is 12.1 Å². The first-order valence-electron chi connectivity index (χ1n) is 3.76. The Morgan fingerprint density at radius 3 is 2.79 bits per heavy atom. The number of aromatic amines is 1. The van der Waals surface area contributed by atoms with Crippen molar-refractivity contribution in [1.82, 2.24) is 20.6 Å². The molecule has 0 radical (unpaired) electrons. The van der Waals surface area contributed by atoms with Gasteiger partial charge in [0, 0.05) is 6.07 Å². The quantitative estimate of drug-likeness (QED) is 0.558. The highest BCUT2D eigenvalue weighted by Crippen LogP contribution is 2.25. The Bertz CT molecular complexity index is 453. The average molecular weight is 191 g/mol. The van der Waals surface area contributed by atoms with Crippen LogP contribution in [0.15, 0.2) is 24.3 Å². The van der Waals surface area contributed by atoms with Crippen LogP contribution in [0.5, 0.6) is 0 Å². The van der Waals surface area contributed by atoms with Gasteiger partial charge >= 0.3 is 0 Å². The Morgan fingerprint density at radius 1 is 1.36 bits per heavy atom. The van der Waals surface area contributed by atoms with E-state index in [0.29, 0.717) is 5.56 Å². The molecule has 0 aliphatic carbocycles. The lowest BCUT2D eigenvalue weighted by Gasteiger charge is -1.95. The van der Waals surface area contributed by atoms with Crippen LogP contribution in [0.4, 0.5) is 5.69 Å². The Labute approximate surface area is 77.9 Å². The van der Waals surface area contributed by atoms with Crippen LogP contribution < -0.4 is 0 Å². The third-order valence-electron chi connectivity index (χ3n) is 1.69. The van der Waals surface area contributed by atoms with Gasteiger partial charge in [0.15, 0.2) is 0 Å². The van der Waals surface area contributed by atoms with Gasteiger partial charge in [-0.3, -0.25) is 10.1 Å². The van der Waals surface area contributed by atoms with Crippen LogP contribution in [-0.4, -0.2) is 25.5 Å². The number of nitro benzene ring substituents is 1. The smallest absolute Gasteiger partial charge is 0.258 e. The molecule has 1 aromatic heterocycles. The largest absolute Gasteiger partial charge is 0.280 e. The zero-order valence-electron chi connectivity index (χ0n) is 6.91. The fourth-order valence-electron chi connectivity index (χ4n) is 1.10. The average Bonchev–Trinajstić information content (AvgIpc) is 2.70. The first-order valence-corrected chi connectivity index (χ1v) is 3.76. The molecule has 7 heteroatoms. The molecular weight excluding hydrogens is 186 g/mol. The van der Waals surface area contributed by atoms with E-state index >= 15 is 0 Å². The fourth-order valence-corrected chi connectivity index (χ4v) is 1.10. The molecule has 0 aliphatic rings. The normalized spacial score (nSPS) is 10.0. The van der Waals surface area contributed by atoms with E-state index in [9.17, 15) is 10.1 Å². The standard InChI is InChI=1S/C7H5N5O2/c13-12(14)6-4-2-1-3-5(6)7-8-10-11-9-7/h1-4H,(H,8,9,10,11). The van der Waals surface area contributed by atoms with E-state index in [4.69, 9.17) is 0 Å². The third-order valence-corrected chi connectivity index (χ3v) is 1.69. The zero-order chi connectivity index (χ0) is 9.97. The molecule has 0 fully saturated rings. The minimum absolute atomic E-state index is 0.0334. The predicted molar refractivity (Wildman–Crippen MR) is 46.3 cm³/mol. The van der Waals surface area contributed by atoms with Crippen molar-refractivity contribution >= 4 is 5.69 Å². The van der Waals surface area contributed by atoms with E-state index in [-0.39, 0.29) is 11.5 Å². The summed E-state index contributed by atoms with van der Waals surface area (Å²) in [5.74, 6) is 0.220. The lowest BCUT2D eigenvalue weighted by atomic mass is 10.2. The summed E-state index contributed by atoms with van der Waals surface area (Å²) in [6.45, 7) is 0. The minimum atomic E-state index is -0.480. The number of para-hydroxylation sites is 1. The summed E-state index contributed by atoms with van der Waals surface area (Å²) in [7, 11) is 0.